The summed E-state index contributed by atoms with van der Waals surface area (Å²) in [5.74, 6) is 0.996. The van der Waals surface area contributed by atoms with Gasteiger partial charge in [-0.25, -0.2) is 0 Å². The standard InChI is InChI=1S/C15H22O/c1-4-13(5-2)15-8-6-7-14(11-15)12(3)9-10-16/h6-8,10-13H,4-5,9H2,1-3H3. The molecule has 0 aliphatic rings. The van der Waals surface area contributed by atoms with Gasteiger partial charge in [0.2, 0.25) is 0 Å². The molecule has 16 heavy (non-hydrogen) atoms. The van der Waals surface area contributed by atoms with Crippen molar-refractivity contribution in [2.24, 2.45) is 0 Å². The zero-order chi connectivity index (χ0) is 12.0. The van der Waals surface area contributed by atoms with Gasteiger partial charge >= 0.3 is 0 Å². The molecule has 0 N–H and O–H groups in total. The summed E-state index contributed by atoms with van der Waals surface area (Å²) in [5, 5.41) is 0. The molecule has 1 atom stereocenters. The molecule has 0 aliphatic carbocycles. The lowest BCUT2D eigenvalue weighted by molar-refractivity contribution is -0.108. The monoisotopic (exact) mass is 218 g/mol. The second kappa shape index (κ2) is 6.47. The Bertz CT molecular complexity index is 326. The van der Waals surface area contributed by atoms with Crippen LogP contribution in [0.25, 0.3) is 0 Å². The predicted molar refractivity (Wildman–Crippen MR) is 68.9 cm³/mol. The Hall–Kier alpha value is -1.11. The summed E-state index contributed by atoms with van der Waals surface area (Å²) in [6.45, 7) is 6.58. The highest BCUT2D eigenvalue weighted by molar-refractivity contribution is 5.51. The van der Waals surface area contributed by atoms with Crippen molar-refractivity contribution in [3.05, 3.63) is 35.4 Å². The predicted octanol–water partition coefficient (Wildman–Crippen LogP) is 4.28. The largest absolute Gasteiger partial charge is 0.303 e. The first kappa shape index (κ1) is 13.0. The molecule has 1 unspecified atom stereocenters. The molecule has 0 radical (unpaired) electrons. The van der Waals surface area contributed by atoms with Crippen LogP contribution in [0.3, 0.4) is 0 Å². The Morgan fingerprint density at radius 1 is 1.19 bits per heavy atom. The van der Waals surface area contributed by atoms with E-state index in [1.54, 1.807) is 0 Å². The van der Waals surface area contributed by atoms with E-state index < -0.39 is 0 Å². The highest BCUT2D eigenvalue weighted by atomic mass is 16.1. The van der Waals surface area contributed by atoms with Crippen molar-refractivity contribution in [2.45, 2.75) is 51.9 Å². The zero-order valence-electron chi connectivity index (χ0n) is 10.6. The Kier molecular flexibility index (Phi) is 5.24. The Morgan fingerprint density at radius 3 is 2.38 bits per heavy atom. The molecule has 0 saturated carbocycles. The first-order valence-corrected chi connectivity index (χ1v) is 6.26. The van der Waals surface area contributed by atoms with Crippen molar-refractivity contribution in [1.82, 2.24) is 0 Å². The van der Waals surface area contributed by atoms with E-state index in [1.807, 2.05) is 0 Å². The molecule has 0 aromatic heterocycles. The molecule has 1 aromatic rings. The highest BCUT2D eigenvalue weighted by Gasteiger charge is 2.10. The number of aldehydes is 1. The average Bonchev–Trinajstić information content (AvgIpc) is 2.31. The molecule has 0 aliphatic heterocycles. The summed E-state index contributed by atoms with van der Waals surface area (Å²) in [5.41, 5.74) is 2.71. The van der Waals surface area contributed by atoms with E-state index in [0.29, 0.717) is 18.3 Å². The average molecular weight is 218 g/mol. The summed E-state index contributed by atoms with van der Waals surface area (Å²) >= 11 is 0. The molecule has 0 amide bonds. The van der Waals surface area contributed by atoms with Crippen molar-refractivity contribution in [3.8, 4) is 0 Å². The van der Waals surface area contributed by atoms with Crippen LogP contribution in [-0.4, -0.2) is 6.29 Å². The van der Waals surface area contributed by atoms with Gasteiger partial charge in [0.05, 0.1) is 0 Å². The number of hydrogen-bond acceptors (Lipinski definition) is 1. The van der Waals surface area contributed by atoms with E-state index in [0.717, 1.165) is 6.29 Å². The Morgan fingerprint density at radius 2 is 1.81 bits per heavy atom. The third-order valence-electron chi connectivity index (χ3n) is 3.39. The zero-order valence-corrected chi connectivity index (χ0v) is 10.6. The summed E-state index contributed by atoms with van der Waals surface area (Å²) in [6.07, 6.45) is 3.99. The molecule has 0 spiro atoms. The number of benzene rings is 1. The van der Waals surface area contributed by atoms with Gasteiger partial charge in [-0.05, 0) is 35.8 Å². The van der Waals surface area contributed by atoms with Crippen molar-refractivity contribution in [2.75, 3.05) is 0 Å². The van der Waals surface area contributed by atoms with E-state index in [4.69, 9.17) is 0 Å². The highest BCUT2D eigenvalue weighted by Crippen LogP contribution is 2.26. The summed E-state index contributed by atoms with van der Waals surface area (Å²) in [7, 11) is 0. The molecule has 1 aromatic carbocycles. The van der Waals surface area contributed by atoms with Crippen LogP contribution < -0.4 is 0 Å². The summed E-state index contributed by atoms with van der Waals surface area (Å²) in [6, 6.07) is 8.71. The molecule has 0 saturated heterocycles. The Labute approximate surface area is 98.9 Å². The molecular weight excluding hydrogens is 196 g/mol. The molecule has 1 nitrogen and oxygen atoms in total. The fourth-order valence-electron chi connectivity index (χ4n) is 2.16. The number of carbonyl (C=O) groups is 1. The van der Waals surface area contributed by atoms with Gasteiger partial charge in [-0.1, -0.05) is 45.0 Å². The summed E-state index contributed by atoms with van der Waals surface area (Å²) in [4.78, 5) is 10.5. The molecule has 1 rings (SSSR count). The third-order valence-corrected chi connectivity index (χ3v) is 3.39. The lowest BCUT2D eigenvalue weighted by atomic mass is 9.89. The first-order valence-electron chi connectivity index (χ1n) is 6.26. The fourth-order valence-corrected chi connectivity index (χ4v) is 2.16. The van der Waals surface area contributed by atoms with Crippen molar-refractivity contribution in [1.29, 1.82) is 0 Å². The van der Waals surface area contributed by atoms with Gasteiger partial charge in [0.15, 0.2) is 0 Å². The minimum Gasteiger partial charge on any atom is -0.303 e. The fraction of sp³-hybridized carbons (Fsp3) is 0.533. The maximum absolute atomic E-state index is 10.5. The molecule has 0 bridgehead atoms. The normalized spacial score (nSPS) is 12.8. The van der Waals surface area contributed by atoms with Crippen LogP contribution in [-0.2, 0) is 4.79 Å². The van der Waals surface area contributed by atoms with E-state index in [1.165, 1.54) is 24.0 Å². The van der Waals surface area contributed by atoms with Crippen LogP contribution in [0.2, 0.25) is 0 Å². The van der Waals surface area contributed by atoms with Crippen molar-refractivity contribution < 1.29 is 4.79 Å². The lowest BCUT2D eigenvalue weighted by Gasteiger charge is -2.16. The van der Waals surface area contributed by atoms with E-state index in [-0.39, 0.29) is 0 Å². The maximum atomic E-state index is 10.5. The van der Waals surface area contributed by atoms with E-state index >= 15 is 0 Å². The number of hydrogen-bond donors (Lipinski definition) is 0. The number of rotatable bonds is 6. The molecule has 0 heterocycles. The first-order chi connectivity index (χ1) is 7.72. The molecule has 88 valence electrons. The molecule has 1 heteroatoms. The van der Waals surface area contributed by atoms with Gasteiger partial charge in [-0.2, -0.15) is 0 Å². The van der Waals surface area contributed by atoms with Gasteiger partial charge in [0, 0.05) is 6.42 Å². The number of carbonyl (C=O) groups excluding carboxylic acids is 1. The second-order valence-electron chi connectivity index (χ2n) is 4.49. The van der Waals surface area contributed by atoms with Gasteiger partial charge in [0.25, 0.3) is 0 Å². The van der Waals surface area contributed by atoms with Gasteiger partial charge in [-0.15, -0.1) is 0 Å². The molecule has 0 fully saturated rings. The third kappa shape index (κ3) is 3.19. The van der Waals surface area contributed by atoms with Crippen LogP contribution in [0, 0.1) is 0 Å². The van der Waals surface area contributed by atoms with Crippen LogP contribution in [0.1, 0.15) is 63.0 Å². The van der Waals surface area contributed by atoms with Gasteiger partial charge < -0.3 is 4.79 Å². The topological polar surface area (TPSA) is 17.1 Å². The van der Waals surface area contributed by atoms with Crippen LogP contribution in [0.5, 0.6) is 0 Å². The summed E-state index contributed by atoms with van der Waals surface area (Å²) < 4.78 is 0. The quantitative estimate of drug-likeness (QED) is 0.651. The molecular formula is C15H22O. The van der Waals surface area contributed by atoms with Crippen LogP contribution >= 0.6 is 0 Å². The smallest absolute Gasteiger partial charge is 0.120 e. The van der Waals surface area contributed by atoms with Crippen molar-refractivity contribution >= 4 is 6.29 Å². The van der Waals surface area contributed by atoms with Crippen molar-refractivity contribution in [3.63, 3.8) is 0 Å². The lowest BCUT2D eigenvalue weighted by Crippen LogP contribution is -1.99. The van der Waals surface area contributed by atoms with E-state index in [9.17, 15) is 4.79 Å². The second-order valence-corrected chi connectivity index (χ2v) is 4.49. The maximum Gasteiger partial charge on any atom is 0.120 e. The van der Waals surface area contributed by atoms with Crippen LogP contribution in [0.15, 0.2) is 24.3 Å². The SMILES string of the molecule is CCC(CC)c1cccc(C(C)CC=O)c1. The van der Waals surface area contributed by atoms with E-state index in [2.05, 4.69) is 45.0 Å². The minimum absolute atomic E-state index is 0.340. The Balaban J connectivity index is 2.89. The van der Waals surface area contributed by atoms with Gasteiger partial charge in [-0.3, -0.25) is 0 Å². The van der Waals surface area contributed by atoms with Gasteiger partial charge in [0.1, 0.15) is 6.29 Å². The minimum atomic E-state index is 0.340. The van der Waals surface area contributed by atoms with Crippen LogP contribution in [0.4, 0.5) is 0 Å².